The minimum Gasteiger partial charge on any atom is -0.326 e. The molecular weight excluding hydrogens is 349 g/mol. The summed E-state index contributed by atoms with van der Waals surface area (Å²) in [4.78, 5) is 0. The molecule has 2 unspecified atom stereocenters. The molecule has 2 atom stereocenters. The van der Waals surface area contributed by atoms with Gasteiger partial charge in [-0.15, -0.1) is 0 Å². The summed E-state index contributed by atoms with van der Waals surface area (Å²) in [5, 5.41) is 1.28. The van der Waals surface area contributed by atoms with Gasteiger partial charge < -0.3 is 5.73 Å². The SMILES string of the molecule is CC(C)C1CCC(CCc2ccc(Cl)c(Cl)c2)c2ccc(CN)cc21. The van der Waals surface area contributed by atoms with E-state index in [0.29, 0.717) is 34.3 Å². The fraction of sp³-hybridized carbons (Fsp3) is 0.455. The minimum absolute atomic E-state index is 0.617. The zero-order chi connectivity index (χ0) is 18.0. The van der Waals surface area contributed by atoms with Crippen molar-refractivity contribution in [1.29, 1.82) is 0 Å². The number of rotatable bonds is 5. The molecule has 0 spiro atoms. The predicted octanol–water partition coefficient (Wildman–Crippen LogP) is 6.70. The number of benzene rings is 2. The lowest BCUT2D eigenvalue weighted by molar-refractivity contribution is 0.392. The first-order chi connectivity index (χ1) is 12.0. The fourth-order valence-corrected chi connectivity index (χ4v) is 4.48. The maximum atomic E-state index is 6.16. The highest BCUT2D eigenvalue weighted by Gasteiger charge is 2.28. The van der Waals surface area contributed by atoms with Crippen molar-refractivity contribution < 1.29 is 0 Å². The second-order valence-corrected chi connectivity index (χ2v) is 8.39. The van der Waals surface area contributed by atoms with E-state index in [-0.39, 0.29) is 0 Å². The second kappa shape index (κ2) is 8.12. The molecular formula is C22H27Cl2N. The topological polar surface area (TPSA) is 26.0 Å². The van der Waals surface area contributed by atoms with Gasteiger partial charge in [-0.2, -0.15) is 0 Å². The summed E-state index contributed by atoms with van der Waals surface area (Å²) in [6.45, 7) is 5.28. The summed E-state index contributed by atoms with van der Waals surface area (Å²) in [5.41, 5.74) is 11.4. The highest BCUT2D eigenvalue weighted by molar-refractivity contribution is 6.42. The third kappa shape index (κ3) is 4.22. The lowest BCUT2D eigenvalue weighted by Crippen LogP contribution is -2.19. The Labute approximate surface area is 161 Å². The molecule has 1 aliphatic rings. The zero-order valence-corrected chi connectivity index (χ0v) is 16.6. The van der Waals surface area contributed by atoms with Gasteiger partial charge in [0.25, 0.3) is 0 Å². The van der Waals surface area contributed by atoms with E-state index >= 15 is 0 Å². The summed E-state index contributed by atoms with van der Waals surface area (Å²) < 4.78 is 0. The van der Waals surface area contributed by atoms with E-state index in [0.717, 1.165) is 12.8 Å². The van der Waals surface area contributed by atoms with Crippen LogP contribution in [0.4, 0.5) is 0 Å². The standard InChI is InChI=1S/C22H27Cl2N/c1-14(2)18-9-7-17(19-8-4-16(13-25)11-20(18)19)6-3-15-5-10-21(23)22(24)12-15/h4-5,8,10-12,14,17-18H,3,6-7,9,13,25H2,1-2H3. The summed E-state index contributed by atoms with van der Waals surface area (Å²) in [5.74, 6) is 1.94. The average molecular weight is 376 g/mol. The van der Waals surface area contributed by atoms with E-state index in [1.165, 1.54) is 35.1 Å². The lowest BCUT2D eigenvalue weighted by atomic mass is 9.71. The maximum Gasteiger partial charge on any atom is 0.0595 e. The zero-order valence-electron chi connectivity index (χ0n) is 15.1. The Hall–Kier alpha value is -1.02. The van der Waals surface area contributed by atoms with Crippen LogP contribution in [0, 0.1) is 5.92 Å². The normalized spacial score (nSPS) is 19.9. The summed E-state index contributed by atoms with van der Waals surface area (Å²) in [7, 11) is 0. The molecule has 3 heteroatoms. The Morgan fingerprint density at radius 3 is 2.40 bits per heavy atom. The number of hydrogen-bond donors (Lipinski definition) is 1. The van der Waals surface area contributed by atoms with E-state index in [1.54, 1.807) is 0 Å². The molecule has 0 aliphatic heterocycles. The highest BCUT2D eigenvalue weighted by atomic mass is 35.5. The Kier molecular flexibility index (Phi) is 6.09. The third-order valence-corrected chi connectivity index (χ3v) is 6.36. The monoisotopic (exact) mass is 375 g/mol. The first-order valence-electron chi connectivity index (χ1n) is 9.26. The quantitative estimate of drug-likeness (QED) is 0.617. The molecule has 3 rings (SSSR count). The van der Waals surface area contributed by atoms with Crippen molar-refractivity contribution in [3.05, 3.63) is 68.7 Å². The number of nitrogens with two attached hydrogens (primary N) is 1. The highest BCUT2D eigenvalue weighted by Crippen LogP contribution is 2.44. The Balaban J connectivity index is 1.81. The number of hydrogen-bond acceptors (Lipinski definition) is 1. The molecule has 0 saturated carbocycles. The van der Waals surface area contributed by atoms with Gasteiger partial charge in [-0.3, -0.25) is 0 Å². The van der Waals surface area contributed by atoms with Gasteiger partial charge in [-0.1, -0.05) is 61.3 Å². The van der Waals surface area contributed by atoms with Crippen molar-refractivity contribution >= 4 is 23.2 Å². The van der Waals surface area contributed by atoms with Crippen molar-refractivity contribution in [2.24, 2.45) is 11.7 Å². The van der Waals surface area contributed by atoms with Crippen molar-refractivity contribution in [3.63, 3.8) is 0 Å². The molecule has 0 radical (unpaired) electrons. The van der Waals surface area contributed by atoms with Crippen LogP contribution >= 0.6 is 23.2 Å². The largest absolute Gasteiger partial charge is 0.326 e. The molecule has 2 aromatic rings. The lowest BCUT2D eigenvalue weighted by Gasteiger charge is -2.34. The average Bonchev–Trinajstić information content (AvgIpc) is 2.61. The molecule has 134 valence electrons. The van der Waals surface area contributed by atoms with E-state index in [4.69, 9.17) is 28.9 Å². The van der Waals surface area contributed by atoms with Crippen molar-refractivity contribution in [2.75, 3.05) is 0 Å². The van der Waals surface area contributed by atoms with Crippen LogP contribution in [0.1, 0.15) is 67.2 Å². The van der Waals surface area contributed by atoms with Gasteiger partial charge in [0, 0.05) is 6.54 Å². The van der Waals surface area contributed by atoms with Crippen LogP contribution in [0.5, 0.6) is 0 Å². The van der Waals surface area contributed by atoms with E-state index in [9.17, 15) is 0 Å². The summed E-state index contributed by atoms with van der Waals surface area (Å²) in [6.07, 6.45) is 4.72. The molecule has 0 amide bonds. The second-order valence-electron chi connectivity index (χ2n) is 7.58. The van der Waals surface area contributed by atoms with Crippen LogP contribution in [0.2, 0.25) is 10.0 Å². The fourth-order valence-electron chi connectivity index (χ4n) is 4.16. The Morgan fingerprint density at radius 1 is 0.960 bits per heavy atom. The molecule has 2 N–H and O–H groups in total. The van der Waals surface area contributed by atoms with E-state index in [2.05, 4.69) is 38.1 Å². The molecule has 0 saturated heterocycles. The van der Waals surface area contributed by atoms with Gasteiger partial charge in [-0.25, -0.2) is 0 Å². The van der Waals surface area contributed by atoms with Gasteiger partial charge in [0.05, 0.1) is 10.0 Å². The van der Waals surface area contributed by atoms with Gasteiger partial charge in [-0.05, 0) is 77.8 Å². The van der Waals surface area contributed by atoms with Crippen LogP contribution < -0.4 is 5.73 Å². The Morgan fingerprint density at radius 2 is 1.72 bits per heavy atom. The smallest absolute Gasteiger partial charge is 0.0595 e. The molecule has 0 heterocycles. The Bertz CT molecular complexity index is 739. The first kappa shape index (κ1) is 18.8. The van der Waals surface area contributed by atoms with Crippen LogP contribution in [-0.4, -0.2) is 0 Å². The third-order valence-electron chi connectivity index (χ3n) is 5.62. The predicted molar refractivity (Wildman–Crippen MR) is 109 cm³/mol. The van der Waals surface area contributed by atoms with Gasteiger partial charge in [0.1, 0.15) is 0 Å². The molecule has 1 aliphatic carbocycles. The van der Waals surface area contributed by atoms with Crippen molar-refractivity contribution in [1.82, 2.24) is 0 Å². The summed E-state index contributed by atoms with van der Waals surface area (Å²) >= 11 is 12.2. The van der Waals surface area contributed by atoms with Gasteiger partial charge >= 0.3 is 0 Å². The van der Waals surface area contributed by atoms with E-state index in [1.807, 2.05) is 12.1 Å². The summed E-state index contributed by atoms with van der Waals surface area (Å²) in [6, 6.07) is 12.9. The minimum atomic E-state index is 0.617. The van der Waals surface area contributed by atoms with Crippen LogP contribution in [0.25, 0.3) is 0 Å². The molecule has 25 heavy (non-hydrogen) atoms. The van der Waals surface area contributed by atoms with Gasteiger partial charge in [0.2, 0.25) is 0 Å². The number of halogens is 2. The molecule has 0 bridgehead atoms. The molecule has 0 fully saturated rings. The van der Waals surface area contributed by atoms with E-state index < -0.39 is 0 Å². The first-order valence-corrected chi connectivity index (χ1v) is 10.0. The maximum absolute atomic E-state index is 6.16. The van der Waals surface area contributed by atoms with Crippen LogP contribution in [0.15, 0.2) is 36.4 Å². The van der Waals surface area contributed by atoms with Crippen molar-refractivity contribution in [3.8, 4) is 0 Å². The molecule has 2 aromatic carbocycles. The van der Waals surface area contributed by atoms with Crippen LogP contribution in [-0.2, 0) is 13.0 Å². The number of aryl methyl sites for hydroxylation is 1. The van der Waals surface area contributed by atoms with Gasteiger partial charge in [0.15, 0.2) is 0 Å². The molecule has 0 aromatic heterocycles. The number of fused-ring (bicyclic) bond motifs is 1. The van der Waals surface area contributed by atoms with Crippen molar-refractivity contribution in [2.45, 2.75) is 57.9 Å². The van der Waals surface area contributed by atoms with Crippen LogP contribution in [0.3, 0.4) is 0 Å². The molecule has 1 nitrogen and oxygen atoms in total.